The molecule has 1 N–H and O–H groups in total. The Hall–Kier alpha value is -1.72. The molecule has 0 saturated carbocycles. The Morgan fingerprint density at radius 1 is 1.75 bits per heavy atom. The van der Waals surface area contributed by atoms with Crippen molar-refractivity contribution in [3.63, 3.8) is 0 Å². The summed E-state index contributed by atoms with van der Waals surface area (Å²) in [6, 6.07) is 0. The van der Waals surface area contributed by atoms with Gasteiger partial charge >= 0.3 is 12.0 Å². The van der Waals surface area contributed by atoms with Gasteiger partial charge in [0.2, 0.25) is 0 Å². The summed E-state index contributed by atoms with van der Waals surface area (Å²) >= 11 is 0. The summed E-state index contributed by atoms with van der Waals surface area (Å²) < 4.78 is 13.0. The van der Waals surface area contributed by atoms with Crippen molar-refractivity contribution in [1.82, 2.24) is 0 Å². The van der Waals surface area contributed by atoms with Crippen molar-refractivity contribution in [2.24, 2.45) is 0 Å². The Balaban J connectivity index is 2.71. The zero-order chi connectivity index (χ0) is 9.14. The first kappa shape index (κ1) is 8.38. The smallest absolute Gasteiger partial charge is 0.450 e. The maximum atomic E-state index is 10.3. The zero-order valence-corrected chi connectivity index (χ0v) is 6.14. The summed E-state index contributed by atoms with van der Waals surface area (Å²) in [5.74, 6) is -0.840. The van der Waals surface area contributed by atoms with Crippen LogP contribution >= 0.6 is 0 Å². The highest BCUT2D eigenvalue weighted by Gasteiger charge is 2.15. The van der Waals surface area contributed by atoms with Crippen LogP contribution in [0.5, 0.6) is 0 Å². The van der Waals surface area contributed by atoms with E-state index in [9.17, 15) is 9.59 Å². The van der Waals surface area contributed by atoms with Crippen molar-refractivity contribution in [2.45, 2.75) is 13.0 Å². The summed E-state index contributed by atoms with van der Waals surface area (Å²) in [7, 11) is 0. The molecule has 0 aliphatic heterocycles. The molecule has 1 aromatic rings. The first-order valence-electron chi connectivity index (χ1n) is 3.07. The first-order valence-corrected chi connectivity index (χ1v) is 3.07. The fraction of sp³-hybridized carbons (Fsp3) is 0.333. The van der Waals surface area contributed by atoms with E-state index in [1.54, 1.807) is 0 Å². The molecule has 1 aromatic heterocycles. The Bertz CT molecular complexity index is 321. The van der Waals surface area contributed by atoms with Crippen molar-refractivity contribution >= 4 is 6.16 Å². The van der Waals surface area contributed by atoms with E-state index in [1.807, 2.05) is 0 Å². The van der Waals surface area contributed by atoms with E-state index in [4.69, 9.17) is 5.11 Å². The molecule has 1 atom stereocenters. The van der Waals surface area contributed by atoms with E-state index >= 15 is 0 Å². The highest BCUT2D eigenvalue weighted by atomic mass is 16.7. The number of hydrogen-bond donors (Lipinski definition) is 1. The van der Waals surface area contributed by atoms with E-state index in [-0.39, 0.29) is 5.76 Å². The van der Waals surface area contributed by atoms with E-state index in [0.29, 0.717) is 0 Å². The second-order valence-corrected chi connectivity index (χ2v) is 2.02. The second-order valence-electron chi connectivity index (χ2n) is 2.02. The molecular formula is C6H6O6. The second kappa shape index (κ2) is 3.12. The van der Waals surface area contributed by atoms with Gasteiger partial charge in [-0.15, -0.1) is 0 Å². The van der Waals surface area contributed by atoms with Crippen LogP contribution in [0.1, 0.15) is 18.8 Å². The van der Waals surface area contributed by atoms with Gasteiger partial charge < -0.3 is 18.7 Å². The van der Waals surface area contributed by atoms with Gasteiger partial charge in [-0.1, -0.05) is 0 Å². The predicted octanol–water partition coefficient (Wildman–Crippen LogP) is 0.988. The van der Waals surface area contributed by atoms with Crippen molar-refractivity contribution in [1.29, 1.82) is 0 Å². The highest BCUT2D eigenvalue weighted by Crippen LogP contribution is 2.14. The fourth-order valence-electron chi connectivity index (χ4n) is 0.639. The molecule has 0 aromatic carbocycles. The molecule has 0 amide bonds. The molecule has 6 nitrogen and oxygen atoms in total. The zero-order valence-electron chi connectivity index (χ0n) is 6.14. The fourth-order valence-corrected chi connectivity index (χ4v) is 0.639. The van der Waals surface area contributed by atoms with Gasteiger partial charge in [-0.2, -0.15) is 0 Å². The third kappa shape index (κ3) is 1.88. The molecule has 1 heterocycles. The largest absolute Gasteiger partial charge is 0.518 e. The van der Waals surface area contributed by atoms with Gasteiger partial charge in [0.1, 0.15) is 6.26 Å². The molecule has 0 fully saturated rings. The quantitative estimate of drug-likeness (QED) is 0.672. The normalized spacial score (nSPS) is 12.4. The topological polar surface area (TPSA) is 89.9 Å². The van der Waals surface area contributed by atoms with Crippen LogP contribution in [0.4, 0.5) is 4.79 Å². The number of rotatable bonds is 2. The number of carboxylic acid groups (broad SMARTS) is 1. The lowest BCUT2D eigenvalue weighted by atomic mass is 10.3. The number of hydrogen-bond acceptors (Lipinski definition) is 5. The summed E-state index contributed by atoms with van der Waals surface area (Å²) in [4.78, 5) is 20.4. The lowest BCUT2D eigenvalue weighted by molar-refractivity contribution is 0.0494. The molecule has 0 spiro atoms. The van der Waals surface area contributed by atoms with Crippen LogP contribution in [0.25, 0.3) is 0 Å². The van der Waals surface area contributed by atoms with Gasteiger partial charge in [0.05, 0.1) is 0 Å². The highest BCUT2D eigenvalue weighted by molar-refractivity contribution is 5.57. The third-order valence-corrected chi connectivity index (χ3v) is 1.15. The van der Waals surface area contributed by atoms with Gasteiger partial charge in [0.25, 0.3) is 0 Å². The van der Waals surface area contributed by atoms with Crippen molar-refractivity contribution in [3.8, 4) is 0 Å². The summed E-state index contributed by atoms with van der Waals surface area (Å²) in [5.41, 5.74) is 0. The molecule has 0 radical (unpaired) electrons. The lowest BCUT2D eigenvalue weighted by Crippen LogP contribution is -2.05. The minimum absolute atomic E-state index is 0.0439. The SMILES string of the molecule is CC(OC(=O)O)c1coc(=O)o1. The van der Waals surface area contributed by atoms with E-state index in [0.717, 1.165) is 6.26 Å². The molecule has 0 bridgehead atoms. The van der Waals surface area contributed by atoms with Crippen LogP contribution in [0.2, 0.25) is 0 Å². The van der Waals surface area contributed by atoms with Gasteiger partial charge in [-0.3, -0.25) is 0 Å². The Morgan fingerprint density at radius 3 is 2.83 bits per heavy atom. The van der Waals surface area contributed by atoms with Crippen LogP contribution in [-0.2, 0) is 4.74 Å². The first-order chi connectivity index (χ1) is 5.59. The minimum Gasteiger partial charge on any atom is -0.450 e. The minimum atomic E-state index is -1.44. The van der Waals surface area contributed by atoms with Gasteiger partial charge in [-0.05, 0) is 6.92 Å². The average molecular weight is 174 g/mol. The van der Waals surface area contributed by atoms with Crippen LogP contribution in [0.3, 0.4) is 0 Å². The maximum Gasteiger partial charge on any atom is 0.518 e. The molecule has 0 aliphatic rings. The van der Waals surface area contributed by atoms with Gasteiger partial charge in [0.15, 0.2) is 11.9 Å². The number of ether oxygens (including phenoxy) is 1. The van der Waals surface area contributed by atoms with Gasteiger partial charge in [-0.25, -0.2) is 9.59 Å². The number of carbonyl (C=O) groups is 1. The van der Waals surface area contributed by atoms with E-state index in [1.165, 1.54) is 6.92 Å². The summed E-state index contributed by atoms with van der Waals surface area (Å²) in [6.45, 7) is 1.42. The standard InChI is InChI=1S/C6H6O6/c1-3(11-5(7)8)4-2-10-6(9)12-4/h2-3H,1H3,(H,7,8). The molecular weight excluding hydrogens is 168 g/mol. The summed E-state index contributed by atoms with van der Waals surface area (Å²) in [5, 5.41) is 8.18. The lowest BCUT2D eigenvalue weighted by Gasteiger charge is -2.04. The molecule has 12 heavy (non-hydrogen) atoms. The van der Waals surface area contributed by atoms with E-state index in [2.05, 4.69) is 13.6 Å². The third-order valence-electron chi connectivity index (χ3n) is 1.15. The molecule has 66 valence electrons. The molecule has 1 unspecified atom stereocenters. The molecule has 0 aliphatic carbocycles. The van der Waals surface area contributed by atoms with Crippen molar-refractivity contribution in [2.75, 3.05) is 0 Å². The predicted molar refractivity (Wildman–Crippen MR) is 34.8 cm³/mol. The maximum absolute atomic E-state index is 10.3. The van der Waals surface area contributed by atoms with E-state index < -0.39 is 18.1 Å². The van der Waals surface area contributed by atoms with Crippen molar-refractivity contribution < 1.29 is 23.5 Å². The summed E-state index contributed by atoms with van der Waals surface area (Å²) in [6.07, 6.45) is -1.27. The average Bonchev–Trinajstić information content (AvgIpc) is 2.34. The molecule has 1 rings (SSSR count). The molecule has 0 saturated heterocycles. The monoisotopic (exact) mass is 174 g/mol. The van der Waals surface area contributed by atoms with Gasteiger partial charge in [0, 0.05) is 0 Å². The van der Waals surface area contributed by atoms with Crippen LogP contribution < -0.4 is 5.82 Å². The Morgan fingerprint density at radius 2 is 2.42 bits per heavy atom. The van der Waals surface area contributed by atoms with Crippen LogP contribution in [0, 0.1) is 0 Å². The Kier molecular flexibility index (Phi) is 2.18. The van der Waals surface area contributed by atoms with Crippen molar-refractivity contribution in [3.05, 3.63) is 22.6 Å². The van der Waals surface area contributed by atoms with Crippen LogP contribution in [-0.4, -0.2) is 11.3 Å². The van der Waals surface area contributed by atoms with Crippen LogP contribution in [0.15, 0.2) is 19.9 Å². The Labute approximate surface area is 66.4 Å². The molecule has 6 heteroatoms.